The summed E-state index contributed by atoms with van der Waals surface area (Å²) in [6.45, 7) is 13.6. The molecule has 0 saturated carbocycles. The van der Waals surface area contributed by atoms with E-state index >= 15 is 0 Å². The molecule has 2 unspecified atom stereocenters. The zero-order valence-corrected chi connectivity index (χ0v) is 23.4. The molecule has 1 heterocycles. The second-order valence-corrected chi connectivity index (χ2v) is 11.3. The molecule has 5 atom stereocenters. The number of nitrogens with one attached hydrogen (secondary N) is 2. The lowest BCUT2D eigenvalue weighted by Gasteiger charge is -2.30. The number of ether oxygens (including phenoxy) is 2. The Morgan fingerprint density at radius 3 is 2.56 bits per heavy atom. The van der Waals surface area contributed by atoms with Gasteiger partial charge in [-0.2, -0.15) is 0 Å². The second kappa shape index (κ2) is 15.6. The molecule has 5 N–H and O–H groups in total. The van der Waals surface area contributed by atoms with E-state index in [0.717, 1.165) is 43.7 Å². The van der Waals surface area contributed by atoms with Crippen molar-refractivity contribution in [2.75, 3.05) is 33.4 Å². The molecular formula is C29H51N3O4. The van der Waals surface area contributed by atoms with Crippen molar-refractivity contribution in [3.8, 4) is 5.75 Å². The van der Waals surface area contributed by atoms with E-state index in [9.17, 15) is 9.90 Å². The van der Waals surface area contributed by atoms with Gasteiger partial charge in [0.25, 0.3) is 0 Å². The van der Waals surface area contributed by atoms with Crippen molar-refractivity contribution in [2.24, 2.45) is 29.4 Å². The van der Waals surface area contributed by atoms with Crippen molar-refractivity contribution in [2.45, 2.75) is 84.9 Å². The van der Waals surface area contributed by atoms with Crippen LogP contribution in [0.1, 0.15) is 64.5 Å². The Labute approximate surface area is 218 Å². The van der Waals surface area contributed by atoms with E-state index in [4.69, 9.17) is 15.2 Å². The number of rotatable bonds is 16. The molecule has 36 heavy (non-hydrogen) atoms. The monoisotopic (exact) mass is 505 g/mol. The van der Waals surface area contributed by atoms with E-state index in [1.54, 1.807) is 7.11 Å². The number of hydrogen-bond donors (Lipinski definition) is 4. The van der Waals surface area contributed by atoms with Gasteiger partial charge in [-0.25, -0.2) is 0 Å². The van der Waals surface area contributed by atoms with E-state index in [1.165, 1.54) is 5.56 Å². The molecule has 1 aromatic rings. The fourth-order valence-electron chi connectivity index (χ4n) is 4.92. The van der Waals surface area contributed by atoms with Crippen LogP contribution in [0.3, 0.4) is 0 Å². The largest absolute Gasteiger partial charge is 0.493 e. The van der Waals surface area contributed by atoms with Crippen molar-refractivity contribution in [1.29, 1.82) is 0 Å². The zero-order valence-electron chi connectivity index (χ0n) is 23.4. The van der Waals surface area contributed by atoms with Gasteiger partial charge < -0.3 is 30.9 Å². The highest BCUT2D eigenvalue weighted by Gasteiger charge is 2.31. The average molecular weight is 506 g/mol. The molecule has 0 aromatic heterocycles. The molecule has 1 aliphatic heterocycles. The average Bonchev–Trinajstić information content (AvgIpc) is 3.33. The Balaban J connectivity index is 1.97. The van der Waals surface area contributed by atoms with E-state index in [2.05, 4.69) is 49.6 Å². The third-order valence-corrected chi connectivity index (χ3v) is 7.56. The quantitative estimate of drug-likeness (QED) is 0.257. The number of aryl methyl sites for hydroxylation is 1. The van der Waals surface area contributed by atoms with Crippen LogP contribution in [0, 0.1) is 30.6 Å². The normalized spacial score (nSPS) is 19.3. The van der Waals surface area contributed by atoms with Crippen molar-refractivity contribution >= 4 is 5.91 Å². The minimum atomic E-state index is -0.719. The van der Waals surface area contributed by atoms with Crippen LogP contribution >= 0.6 is 0 Å². The van der Waals surface area contributed by atoms with Gasteiger partial charge in [0.2, 0.25) is 5.91 Å². The third kappa shape index (κ3) is 10.0. The first kappa shape index (κ1) is 30.6. The summed E-state index contributed by atoms with van der Waals surface area (Å²) in [5.41, 5.74) is 8.88. The smallest absolute Gasteiger partial charge is 0.223 e. The van der Waals surface area contributed by atoms with Gasteiger partial charge in [0, 0.05) is 44.7 Å². The number of carbonyl (C=O) groups is 1. The molecule has 0 aliphatic carbocycles. The topological polar surface area (TPSA) is 106 Å². The molecule has 2 rings (SSSR count). The first-order chi connectivity index (χ1) is 17.1. The first-order valence-electron chi connectivity index (χ1n) is 13.8. The molecule has 206 valence electrons. The van der Waals surface area contributed by atoms with Crippen LogP contribution in [0.4, 0.5) is 0 Å². The van der Waals surface area contributed by atoms with Gasteiger partial charge in [-0.3, -0.25) is 4.79 Å². The maximum absolute atomic E-state index is 12.9. The molecule has 1 aromatic carbocycles. The Bertz CT molecular complexity index is 780. The Morgan fingerprint density at radius 2 is 1.94 bits per heavy atom. The highest BCUT2D eigenvalue weighted by Crippen LogP contribution is 2.28. The molecule has 0 spiro atoms. The number of nitrogens with two attached hydrogens (primary N) is 1. The van der Waals surface area contributed by atoms with Crippen molar-refractivity contribution in [3.63, 3.8) is 0 Å². The predicted molar refractivity (Wildman–Crippen MR) is 146 cm³/mol. The van der Waals surface area contributed by atoms with Crippen molar-refractivity contribution < 1.29 is 19.4 Å². The number of carbonyl (C=O) groups excluding carboxylic acids is 1. The van der Waals surface area contributed by atoms with Crippen LogP contribution < -0.4 is 21.1 Å². The lowest BCUT2D eigenvalue weighted by atomic mass is 9.80. The molecule has 0 radical (unpaired) electrons. The van der Waals surface area contributed by atoms with Crippen LogP contribution in [-0.2, 0) is 16.0 Å². The van der Waals surface area contributed by atoms with E-state index in [0.29, 0.717) is 37.9 Å². The highest BCUT2D eigenvalue weighted by atomic mass is 16.5. The zero-order chi connectivity index (χ0) is 26.7. The summed E-state index contributed by atoms with van der Waals surface area (Å²) in [4.78, 5) is 12.9. The molecule has 1 aliphatic rings. The van der Waals surface area contributed by atoms with Crippen molar-refractivity contribution in [1.82, 2.24) is 10.6 Å². The Kier molecular flexibility index (Phi) is 13.2. The summed E-state index contributed by atoms with van der Waals surface area (Å²) in [5.74, 6) is 1.56. The van der Waals surface area contributed by atoms with Gasteiger partial charge in [-0.1, -0.05) is 39.8 Å². The number of benzene rings is 1. The Morgan fingerprint density at radius 1 is 1.19 bits per heavy atom. The maximum atomic E-state index is 12.9. The summed E-state index contributed by atoms with van der Waals surface area (Å²) in [7, 11) is 1.70. The van der Waals surface area contributed by atoms with Crippen LogP contribution in [0.15, 0.2) is 18.2 Å². The molecule has 0 bridgehead atoms. The number of aliphatic hydroxyl groups is 1. The summed E-state index contributed by atoms with van der Waals surface area (Å²) >= 11 is 0. The van der Waals surface area contributed by atoms with Crippen LogP contribution in [0.5, 0.6) is 5.75 Å². The van der Waals surface area contributed by atoms with Gasteiger partial charge in [-0.05, 0) is 74.1 Å². The molecule has 1 amide bonds. The summed E-state index contributed by atoms with van der Waals surface area (Å²) < 4.78 is 11.1. The highest BCUT2D eigenvalue weighted by molar-refractivity contribution is 5.79. The number of hydrogen-bond acceptors (Lipinski definition) is 6. The minimum Gasteiger partial charge on any atom is -0.493 e. The van der Waals surface area contributed by atoms with E-state index in [-0.39, 0.29) is 29.8 Å². The van der Waals surface area contributed by atoms with Gasteiger partial charge in [0.15, 0.2) is 0 Å². The van der Waals surface area contributed by atoms with E-state index < -0.39 is 6.10 Å². The first-order valence-corrected chi connectivity index (χ1v) is 13.8. The summed E-state index contributed by atoms with van der Waals surface area (Å²) in [6.07, 6.45) is 3.05. The van der Waals surface area contributed by atoms with E-state index in [1.807, 2.05) is 13.8 Å². The number of aliphatic hydroxyl groups excluding tert-OH is 1. The van der Waals surface area contributed by atoms with Crippen LogP contribution in [-0.4, -0.2) is 62.6 Å². The Hall–Kier alpha value is -1.67. The lowest BCUT2D eigenvalue weighted by Crippen LogP contribution is -2.45. The SMILES string of the molecule is COCCCOc1cc(CC(C[C@H](N)C(O)C[C@H](C(=O)N[C@@H]2CCNC2)C(C)C)C(C)C)ccc1C. The minimum absolute atomic E-state index is 0.0306. The lowest BCUT2D eigenvalue weighted by molar-refractivity contribution is -0.128. The molecular weight excluding hydrogens is 454 g/mol. The fourth-order valence-corrected chi connectivity index (χ4v) is 4.92. The van der Waals surface area contributed by atoms with Crippen molar-refractivity contribution in [3.05, 3.63) is 29.3 Å². The van der Waals surface area contributed by atoms with Crippen LogP contribution in [0.2, 0.25) is 0 Å². The maximum Gasteiger partial charge on any atom is 0.223 e. The molecule has 7 heteroatoms. The van der Waals surface area contributed by atoms with Crippen LogP contribution in [0.25, 0.3) is 0 Å². The summed E-state index contributed by atoms with van der Waals surface area (Å²) in [6, 6.07) is 6.20. The summed E-state index contributed by atoms with van der Waals surface area (Å²) in [5, 5.41) is 17.5. The molecule has 7 nitrogen and oxygen atoms in total. The number of methoxy groups -OCH3 is 1. The number of amides is 1. The fraction of sp³-hybridized carbons (Fsp3) is 0.759. The molecule has 1 fully saturated rings. The predicted octanol–water partition coefficient (Wildman–Crippen LogP) is 3.44. The standard InChI is InChI=1S/C29H51N3O4/c1-19(2)23(14-22-9-8-21(5)28(15-22)36-13-7-12-35-6)16-26(30)27(33)17-25(20(3)4)29(34)32-24-10-11-31-18-24/h8-9,15,19-20,23-27,31,33H,7,10-14,16-18,30H2,1-6H3,(H,32,34)/t23?,24-,25+,26+,27?/m1/s1. The van der Waals surface area contributed by atoms with Gasteiger partial charge in [0.1, 0.15) is 5.75 Å². The van der Waals surface area contributed by atoms with Gasteiger partial charge in [0.05, 0.1) is 12.7 Å². The van der Waals surface area contributed by atoms with Gasteiger partial charge >= 0.3 is 0 Å². The molecule has 1 saturated heterocycles. The van der Waals surface area contributed by atoms with Gasteiger partial charge in [-0.15, -0.1) is 0 Å². The third-order valence-electron chi connectivity index (χ3n) is 7.56. The second-order valence-electron chi connectivity index (χ2n) is 11.3.